The van der Waals surface area contributed by atoms with Gasteiger partial charge >= 0.3 is 0 Å². The molecule has 30 heavy (non-hydrogen) atoms. The van der Waals surface area contributed by atoms with Crippen LogP contribution >= 0.6 is 0 Å². The molecular weight excluding hydrogens is 374 g/mol. The second-order valence-corrected chi connectivity index (χ2v) is 8.05. The Labute approximate surface area is 178 Å². The van der Waals surface area contributed by atoms with Crippen LogP contribution < -0.4 is 0 Å². The minimum atomic E-state index is 0.0512. The molecule has 1 amide bonds. The summed E-state index contributed by atoms with van der Waals surface area (Å²) >= 11 is 0. The Balaban J connectivity index is 1.53. The Morgan fingerprint density at radius 3 is 2.73 bits per heavy atom. The first-order valence-electron chi connectivity index (χ1n) is 10.5. The highest BCUT2D eigenvalue weighted by Crippen LogP contribution is 2.32. The number of carbonyl (C=O) groups excluding carboxylic acids is 1. The maximum Gasteiger partial charge on any atom is 0.270 e. The highest BCUT2D eigenvalue weighted by atomic mass is 16.5. The molecule has 0 fully saturated rings. The van der Waals surface area contributed by atoms with E-state index in [1.165, 1.54) is 11.1 Å². The van der Waals surface area contributed by atoms with E-state index in [1.54, 1.807) is 0 Å². The molecule has 1 aromatic carbocycles. The summed E-state index contributed by atoms with van der Waals surface area (Å²) < 4.78 is 7.67. The van der Waals surface area contributed by atoms with Crippen LogP contribution in [0, 0.1) is 0 Å². The predicted octanol–water partition coefficient (Wildman–Crippen LogP) is 4.12. The van der Waals surface area contributed by atoms with Gasteiger partial charge in [0.15, 0.2) is 0 Å². The second-order valence-electron chi connectivity index (χ2n) is 8.05. The van der Waals surface area contributed by atoms with Crippen LogP contribution in [-0.2, 0) is 18.2 Å². The van der Waals surface area contributed by atoms with Crippen molar-refractivity contribution in [3.8, 4) is 0 Å². The minimum Gasteiger partial charge on any atom is -0.487 e. The fourth-order valence-electron chi connectivity index (χ4n) is 4.12. The van der Waals surface area contributed by atoms with Gasteiger partial charge in [0.05, 0.1) is 5.70 Å². The zero-order valence-corrected chi connectivity index (χ0v) is 17.9. The average molecular weight is 404 g/mol. The van der Waals surface area contributed by atoms with E-state index in [1.807, 2.05) is 48.0 Å². The number of hydrogen-bond acceptors (Lipinski definition) is 3. The molecule has 5 heteroatoms. The van der Waals surface area contributed by atoms with Gasteiger partial charge in [0.25, 0.3) is 5.91 Å². The van der Waals surface area contributed by atoms with E-state index in [9.17, 15) is 4.79 Å². The van der Waals surface area contributed by atoms with Crippen molar-refractivity contribution in [2.24, 2.45) is 7.05 Å². The van der Waals surface area contributed by atoms with E-state index in [-0.39, 0.29) is 11.9 Å². The Hall–Kier alpha value is -3.21. The molecule has 156 valence electrons. The van der Waals surface area contributed by atoms with E-state index in [4.69, 9.17) is 4.74 Å². The van der Waals surface area contributed by atoms with Gasteiger partial charge in [-0.15, -0.1) is 0 Å². The average Bonchev–Trinajstić information content (AvgIpc) is 3.39. The van der Waals surface area contributed by atoms with Crippen molar-refractivity contribution in [1.82, 2.24) is 14.4 Å². The Morgan fingerprint density at radius 2 is 2.00 bits per heavy atom. The van der Waals surface area contributed by atoms with Gasteiger partial charge in [-0.1, -0.05) is 30.3 Å². The summed E-state index contributed by atoms with van der Waals surface area (Å²) in [6.07, 6.45) is 10.1. The van der Waals surface area contributed by atoms with Crippen LogP contribution in [-0.4, -0.2) is 46.5 Å². The monoisotopic (exact) mass is 403 g/mol. The molecular formula is C25H29N3O2. The smallest absolute Gasteiger partial charge is 0.270 e. The molecule has 2 aliphatic rings. The van der Waals surface area contributed by atoms with Crippen LogP contribution in [0.2, 0.25) is 0 Å². The van der Waals surface area contributed by atoms with E-state index in [0.29, 0.717) is 18.8 Å². The molecule has 2 aliphatic heterocycles. The van der Waals surface area contributed by atoms with Gasteiger partial charge in [-0.05, 0) is 55.2 Å². The first-order valence-corrected chi connectivity index (χ1v) is 10.5. The van der Waals surface area contributed by atoms with E-state index >= 15 is 0 Å². The van der Waals surface area contributed by atoms with Crippen molar-refractivity contribution in [3.05, 3.63) is 95.3 Å². The number of carbonyl (C=O) groups is 1. The quantitative estimate of drug-likeness (QED) is 0.698. The molecule has 0 N–H and O–H groups in total. The topological polar surface area (TPSA) is 37.7 Å². The molecule has 1 atom stereocenters. The molecule has 1 aromatic heterocycles. The number of allylic oxidation sites excluding steroid dienone is 2. The number of aryl methyl sites for hydroxylation is 1. The van der Waals surface area contributed by atoms with Crippen LogP contribution in [0.15, 0.2) is 84.0 Å². The van der Waals surface area contributed by atoms with Crippen molar-refractivity contribution in [3.63, 3.8) is 0 Å². The zero-order chi connectivity index (χ0) is 21.1. The molecule has 5 nitrogen and oxygen atoms in total. The van der Waals surface area contributed by atoms with Gasteiger partial charge < -0.3 is 19.1 Å². The van der Waals surface area contributed by atoms with Crippen LogP contribution in [0.25, 0.3) is 0 Å². The molecule has 0 saturated carbocycles. The lowest BCUT2D eigenvalue weighted by atomic mass is 9.99. The molecule has 0 bridgehead atoms. The summed E-state index contributed by atoms with van der Waals surface area (Å²) in [5.74, 6) is 0.997. The molecule has 4 rings (SSSR count). The largest absolute Gasteiger partial charge is 0.487 e. The molecule has 1 unspecified atom stereocenters. The first kappa shape index (κ1) is 20.1. The third-order valence-electron chi connectivity index (χ3n) is 5.76. The number of aromatic nitrogens is 1. The molecule has 0 aliphatic carbocycles. The van der Waals surface area contributed by atoms with E-state index < -0.39 is 0 Å². The number of benzene rings is 1. The van der Waals surface area contributed by atoms with Crippen molar-refractivity contribution < 1.29 is 9.53 Å². The van der Waals surface area contributed by atoms with E-state index in [0.717, 1.165) is 24.3 Å². The Morgan fingerprint density at radius 1 is 1.20 bits per heavy atom. The maximum absolute atomic E-state index is 12.8. The first-order chi connectivity index (χ1) is 14.5. The van der Waals surface area contributed by atoms with Crippen LogP contribution in [0.3, 0.4) is 0 Å². The molecule has 0 radical (unpaired) electrons. The number of rotatable bonds is 7. The molecule has 3 heterocycles. The van der Waals surface area contributed by atoms with Crippen LogP contribution in [0.5, 0.6) is 0 Å². The highest BCUT2D eigenvalue weighted by molar-refractivity contribution is 5.92. The third kappa shape index (κ3) is 4.20. The normalized spacial score (nSPS) is 16.2. The number of nitrogens with zero attached hydrogens (tertiary/aromatic N) is 3. The third-order valence-corrected chi connectivity index (χ3v) is 5.76. The molecule has 2 aromatic rings. The van der Waals surface area contributed by atoms with Crippen molar-refractivity contribution in [2.45, 2.75) is 25.8 Å². The maximum atomic E-state index is 12.8. The summed E-state index contributed by atoms with van der Waals surface area (Å²) in [5, 5.41) is 0. The van der Waals surface area contributed by atoms with Gasteiger partial charge in [0, 0.05) is 39.1 Å². The predicted molar refractivity (Wildman–Crippen MR) is 119 cm³/mol. The lowest BCUT2D eigenvalue weighted by molar-refractivity contribution is 0.0774. The standard InChI is InChI=1S/C25H29N3O2/c1-19-16-24-22(12-15-30-24)28(18-19)21(17-20-8-5-4-6-9-20)11-14-27(3)25(29)23-10-7-13-26(23)2/h4-10,12-13,16,18,21H,11,14-15,17H2,1-3H3. The van der Waals surface area contributed by atoms with Gasteiger partial charge in [0.1, 0.15) is 18.1 Å². The van der Waals surface area contributed by atoms with Gasteiger partial charge in [-0.25, -0.2) is 0 Å². The lowest BCUT2D eigenvalue weighted by Crippen LogP contribution is -2.38. The lowest BCUT2D eigenvalue weighted by Gasteiger charge is -2.35. The fourth-order valence-corrected chi connectivity index (χ4v) is 4.12. The Bertz CT molecular complexity index is 1000. The molecule has 0 saturated heterocycles. The van der Waals surface area contributed by atoms with Gasteiger partial charge in [-0.2, -0.15) is 0 Å². The molecule has 0 spiro atoms. The number of ether oxygens (including phenoxy) is 1. The minimum absolute atomic E-state index is 0.0512. The van der Waals surface area contributed by atoms with Crippen LogP contribution in [0.4, 0.5) is 0 Å². The number of amides is 1. The number of fused-ring (bicyclic) bond motifs is 1. The van der Waals surface area contributed by atoms with Gasteiger partial charge in [0.2, 0.25) is 0 Å². The highest BCUT2D eigenvalue weighted by Gasteiger charge is 2.28. The van der Waals surface area contributed by atoms with Crippen LogP contribution in [0.1, 0.15) is 29.4 Å². The van der Waals surface area contributed by atoms with Crippen molar-refractivity contribution in [1.29, 1.82) is 0 Å². The summed E-state index contributed by atoms with van der Waals surface area (Å²) in [6.45, 7) is 3.39. The van der Waals surface area contributed by atoms with E-state index in [2.05, 4.69) is 54.4 Å². The van der Waals surface area contributed by atoms with Gasteiger partial charge in [-0.3, -0.25) is 4.79 Å². The number of hydrogen-bond donors (Lipinski definition) is 0. The summed E-state index contributed by atoms with van der Waals surface area (Å²) in [6, 6.07) is 14.5. The van der Waals surface area contributed by atoms with Crippen molar-refractivity contribution >= 4 is 5.91 Å². The van der Waals surface area contributed by atoms with Crippen molar-refractivity contribution in [2.75, 3.05) is 20.2 Å². The summed E-state index contributed by atoms with van der Waals surface area (Å²) in [4.78, 5) is 17.0. The zero-order valence-electron chi connectivity index (χ0n) is 17.9. The second kappa shape index (κ2) is 8.66. The summed E-state index contributed by atoms with van der Waals surface area (Å²) in [7, 11) is 3.79. The SMILES string of the molecule is CC1=CN(C(CCN(C)C(=O)c2cccn2C)Cc2ccccc2)C2=CCOC2=C1. The Kier molecular flexibility index (Phi) is 5.79. The summed E-state index contributed by atoms with van der Waals surface area (Å²) in [5.41, 5.74) is 4.32. The fraction of sp³-hybridized carbons (Fsp3) is 0.320.